The first-order valence-corrected chi connectivity index (χ1v) is 14.5. The molecule has 0 aromatic heterocycles. The highest BCUT2D eigenvalue weighted by molar-refractivity contribution is 7.99. The first-order valence-electron chi connectivity index (χ1n) is 11.8. The second-order valence-corrected chi connectivity index (χ2v) is 10.4. The fourth-order valence-electron chi connectivity index (χ4n) is 3.34. The molecule has 0 rings (SSSR count). The summed E-state index contributed by atoms with van der Waals surface area (Å²) in [4.78, 5) is 17.1. The smallest absolute Gasteiger partial charge is 0.303 e. The maximum absolute atomic E-state index is 10.5. The fourth-order valence-corrected chi connectivity index (χ4v) is 4.73. The summed E-state index contributed by atoms with van der Waals surface area (Å²) in [5.41, 5.74) is 0. The number of phosphoric acid groups is 1. The largest absolute Gasteiger partial charge is 0.469 e. The Hall–Kier alpha value is 0.460. The van der Waals surface area contributed by atoms with E-state index in [0.717, 1.165) is 18.6 Å². The lowest BCUT2D eigenvalue weighted by atomic mass is 10.0. The average molecular weight is 439 g/mol. The van der Waals surface area contributed by atoms with Crippen LogP contribution in [0.2, 0.25) is 0 Å². The zero-order valence-electron chi connectivity index (χ0n) is 18.4. The lowest BCUT2D eigenvalue weighted by Gasteiger charge is -2.05. The van der Waals surface area contributed by atoms with Gasteiger partial charge in [0.15, 0.2) is 0 Å². The SMILES string of the molecule is CCCCCCCCCCCCCCCCCCSCCCCOP(=O)(O)O. The van der Waals surface area contributed by atoms with Gasteiger partial charge in [0.05, 0.1) is 6.61 Å². The van der Waals surface area contributed by atoms with Crippen LogP contribution in [0.25, 0.3) is 0 Å². The molecule has 0 atom stereocenters. The van der Waals surface area contributed by atoms with E-state index in [1.807, 2.05) is 11.8 Å². The highest BCUT2D eigenvalue weighted by atomic mass is 32.2. The van der Waals surface area contributed by atoms with Crippen molar-refractivity contribution in [1.29, 1.82) is 0 Å². The van der Waals surface area contributed by atoms with Crippen molar-refractivity contribution in [3.05, 3.63) is 0 Å². The number of thioether (sulfide) groups is 1. The zero-order valence-corrected chi connectivity index (χ0v) is 20.1. The van der Waals surface area contributed by atoms with Gasteiger partial charge in [0, 0.05) is 0 Å². The summed E-state index contributed by atoms with van der Waals surface area (Å²) in [5.74, 6) is 2.26. The van der Waals surface area contributed by atoms with Crippen LogP contribution in [-0.2, 0) is 9.09 Å². The highest BCUT2D eigenvalue weighted by Crippen LogP contribution is 2.35. The molecular weight excluding hydrogens is 391 g/mol. The number of hydrogen-bond donors (Lipinski definition) is 2. The van der Waals surface area contributed by atoms with Gasteiger partial charge in [0.2, 0.25) is 0 Å². The maximum Gasteiger partial charge on any atom is 0.469 e. The average Bonchev–Trinajstić information content (AvgIpc) is 2.65. The molecule has 0 fully saturated rings. The Morgan fingerprint density at radius 2 is 0.964 bits per heavy atom. The van der Waals surface area contributed by atoms with Crippen molar-refractivity contribution in [2.45, 2.75) is 122 Å². The van der Waals surface area contributed by atoms with Crippen molar-refractivity contribution in [2.24, 2.45) is 0 Å². The minimum Gasteiger partial charge on any atom is -0.303 e. The topological polar surface area (TPSA) is 66.8 Å². The molecule has 0 aromatic rings. The van der Waals surface area contributed by atoms with Gasteiger partial charge in [-0.15, -0.1) is 0 Å². The summed E-state index contributed by atoms with van der Waals surface area (Å²) >= 11 is 1.95. The Morgan fingerprint density at radius 3 is 1.36 bits per heavy atom. The molecule has 0 saturated carbocycles. The van der Waals surface area contributed by atoms with E-state index in [1.165, 1.54) is 108 Å². The van der Waals surface area contributed by atoms with Crippen molar-refractivity contribution < 1.29 is 18.9 Å². The maximum atomic E-state index is 10.5. The van der Waals surface area contributed by atoms with Crippen LogP contribution >= 0.6 is 19.6 Å². The van der Waals surface area contributed by atoms with Gasteiger partial charge in [0.1, 0.15) is 0 Å². The predicted octanol–water partition coefficient (Wildman–Crippen LogP) is 7.87. The van der Waals surface area contributed by atoms with Gasteiger partial charge in [-0.05, 0) is 30.8 Å². The van der Waals surface area contributed by atoms with Gasteiger partial charge in [-0.1, -0.05) is 103 Å². The van der Waals surface area contributed by atoms with Crippen molar-refractivity contribution in [3.8, 4) is 0 Å². The molecule has 28 heavy (non-hydrogen) atoms. The molecule has 0 saturated heterocycles. The molecule has 0 heterocycles. The van der Waals surface area contributed by atoms with Crippen LogP contribution in [-0.4, -0.2) is 27.9 Å². The van der Waals surface area contributed by atoms with E-state index in [-0.39, 0.29) is 6.61 Å². The van der Waals surface area contributed by atoms with E-state index in [4.69, 9.17) is 9.79 Å². The Balaban J connectivity index is 3.02. The zero-order chi connectivity index (χ0) is 20.8. The van der Waals surface area contributed by atoms with Crippen LogP contribution in [0.3, 0.4) is 0 Å². The number of unbranched alkanes of at least 4 members (excludes halogenated alkanes) is 16. The molecule has 4 nitrogen and oxygen atoms in total. The normalized spacial score (nSPS) is 12.0. The molecule has 0 radical (unpaired) electrons. The summed E-state index contributed by atoms with van der Waals surface area (Å²) in [7, 11) is -4.27. The van der Waals surface area contributed by atoms with E-state index < -0.39 is 7.82 Å². The second kappa shape index (κ2) is 22.2. The monoisotopic (exact) mass is 438 g/mol. The molecule has 0 aliphatic rings. The standard InChI is InChI=1S/C22H47O4PS/c1-2-3-4-5-6-7-8-9-10-11-12-13-14-15-16-18-21-28-22-19-17-20-26-27(23,24)25/h2-22H2,1H3,(H2,23,24,25). The fraction of sp³-hybridized carbons (Fsp3) is 1.00. The molecule has 2 N–H and O–H groups in total. The quantitative estimate of drug-likeness (QED) is 0.125. The lowest BCUT2D eigenvalue weighted by Crippen LogP contribution is -1.93. The summed E-state index contributed by atoms with van der Waals surface area (Å²) in [6.45, 7) is 2.44. The number of rotatable bonds is 23. The molecule has 0 amide bonds. The third-order valence-electron chi connectivity index (χ3n) is 5.08. The van der Waals surface area contributed by atoms with Gasteiger partial charge in [-0.2, -0.15) is 11.8 Å². The number of hydrogen-bond acceptors (Lipinski definition) is 3. The van der Waals surface area contributed by atoms with Crippen LogP contribution < -0.4 is 0 Å². The first-order chi connectivity index (χ1) is 13.6. The second-order valence-electron chi connectivity index (χ2n) is 7.95. The van der Waals surface area contributed by atoms with Crippen LogP contribution in [0.15, 0.2) is 0 Å². The molecule has 0 aromatic carbocycles. The molecular formula is C22H47O4PS. The van der Waals surface area contributed by atoms with E-state index in [2.05, 4.69) is 11.4 Å². The summed E-state index contributed by atoms with van der Waals surface area (Å²) in [6.07, 6.45) is 24.2. The van der Waals surface area contributed by atoms with Gasteiger partial charge in [-0.3, -0.25) is 4.52 Å². The Morgan fingerprint density at radius 1 is 0.607 bits per heavy atom. The minimum atomic E-state index is -4.27. The van der Waals surface area contributed by atoms with Crippen molar-refractivity contribution in [2.75, 3.05) is 18.1 Å². The molecule has 170 valence electrons. The van der Waals surface area contributed by atoms with Gasteiger partial charge in [-0.25, -0.2) is 4.57 Å². The van der Waals surface area contributed by atoms with Crippen molar-refractivity contribution >= 4 is 19.6 Å². The lowest BCUT2D eigenvalue weighted by molar-refractivity contribution is 0.195. The molecule has 0 bridgehead atoms. The minimum absolute atomic E-state index is 0.157. The third kappa shape index (κ3) is 26.5. The predicted molar refractivity (Wildman–Crippen MR) is 124 cm³/mol. The van der Waals surface area contributed by atoms with E-state index in [1.54, 1.807) is 0 Å². The Labute approximate surface area is 179 Å². The molecule has 0 unspecified atom stereocenters. The van der Waals surface area contributed by atoms with Crippen LogP contribution in [0.1, 0.15) is 122 Å². The first kappa shape index (κ1) is 28.5. The molecule has 0 aliphatic carbocycles. The van der Waals surface area contributed by atoms with E-state index in [0.29, 0.717) is 0 Å². The van der Waals surface area contributed by atoms with Gasteiger partial charge >= 0.3 is 7.82 Å². The van der Waals surface area contributed by atoms with Gasteiger partial charge < -0.3 is 9.79 Å². The Bertz CT molecular complexity index is 349. The van der Waals surface area contributed by atoms with Crippen LogP contribution in [0.5, 0.6) is 0 Å². The summed E-state index contributed by atoms with van der Waals surface area (Å²) < 4.78 is 14.9. The van der Waals surface area contributed by atoms with Gasteiger partial charge in [0.25, 0.3) is 0 Å². The highest BCUT2D eigenvalue weighted by Gasteiger charge is 2.12. The summed E-state index contributed by atoms with van der Waals surface area (Å²) in [5, 5.41) is 0. The summed E-state index contributed by atoms with van der Waals surface area (Å²) in [6, 6.07) is 0. The van der Waals surface area contributed by atoms with E-state index in [9.17, 15) is 4.57 Å². The third-order valence-corrected chi connectivity index (χ3v) is 6.76. The van der Waals surface area contributed by atoms with E-state index >= 15 is 0 Å². The Kier molecular flexibility index (Phi) is 22.5. The van der Waals surface area contributed by atoms with Crippen LogP contribution in [0, 0.1) is 0 Å². The van der Waals surface area contributed by atoms with Crippen molar-refractivity contribution in [1.82, 2.24) is 0 Å². The van der Waals surface area contributed by atoms with Crippen LogP contribution in [0.4, 0.5) is 0 Å². The number of phosphoric ester groups is 1. The molecule has 0 spiro atoms. The van der Waals surface area contributed by atoms with Crippen molar-refractivity contribution in [3.63, 3.8) is 0 Å². The molecule has 0 aliphatic heterocycles. The molecule has 6 heteroatoms.